The topological polar surface area (TPSA) is 75.0 Å². The molecule has 7 nitrogen and oxygen atoms in total. The molecular formula is C21H21N3O4S. The highest BCUT2D eigenvalue weighted by atomic mass is 32.1. The number of hydrogen-bond acceptors (Lipinski definition) is 6. The molecule has 2 amide bonds. The van der Waals surface area contributed by atoms with E-state index < -0.39 is 11.8 Å². The number of furan rings is 1. The third-order valence-electron chi connectivity index (χ3n) is 5.00. The SMILES string of the molecule is COc1ccc(N2C(=O)/C(=C/c3ccc(N4CCCCC4)o3)C(=O)NC2=S)cc1. The third-order valence-corrected chi connectivity index (χ3v) is 5.28. The quantitative estimate of drug-likeness (QED) is 0.473. The number of anilines is 2. The lowest BCUT2D eigenvalue weighted by Gasteiger charge is -2.28. The first-order valence-corrected chi connectivity index (χ1v) is 9.88. The molecule has 2 aliphatic heterocycles. The largest absolute Gasteiger partial charge is 0.497 e. The van der Waals surface area contributed by atoms with E-state index in [1.54, 1.807) is 37.4 Å². The number of nitrogens with one attached hydrogen (secondary N) is 1. The van der Waals surface area contributed by atoms with Gasteiger partial charge in [-0.05, 0) is 67.9 Å². The zero-order valence-electron chi connectivity index (χ0n) is 16.0. The Hall–Kier alpha value is -3.13. The lowest BCUT2D eigenvalue weighted by atomic mass is 10.1. The van der Waals surface area contributed by atoms with Gasteiger partial charge in [0.05, 0.1) is 12.8 Å². The lowest BCUT2D eigenvalue weighted by Crippen LogP contribution is -2.54. The van der Waals surface area contributed by atoms with Gasteiger partial charge in [0.1, 0.15) is 17.1 Å². The Labute approximate surface area is 173 Å². The van der Waals surface area contributed by atoms with Gasteiger partial charge in [0.25, 0.3) is 11.8 Å². The number of hydrogen-bond donors (Lipinski definition) is 1. The Kier molecular flexibility index (Phi) is 5.35. The third kappa shape index (κ3) is 3.88. The summed E-state index contributed by atoms with van der Waals surface area (Å²) in [5, 5.41) is 2.61. The zero-order chi connectivity index (χ0) is 20.4. The van der Waals surface area contributed by atoms with Crippen LogP contribution in [0, 0.1) is 0 Å². The van der Waals surface area contributed by atoms with Crippen LogP contribution in [0.2, 0.25) is 0 Å². The van der Waals surface area contributed by atoms with E-state index in [1.165, 1.54) is 17.4 Å². The Morgan fingerprint density at radius 1 is 1.07 bits per heavy atom. The Morgan fingerprint density at radius 2 is 1.79 bits per heavy atom. The Balaban J connectivity index is 1.60. The highest BCUT2D eigenvalue weighted by Gasteiger charge is 2.34. The molecule has 0 aliphatic carbocycles. The summed E-state index contributed by atoms with van der Waals surface area (Å²) in [7, 11) is 1.56. The van der Waals surface area contributed by atoms with Crippen molar-refractivity contribution in [2.75, 3.05) is 30.0 Å². The van der Waals surface area contributed by atoms with Gasteiger partial charge < -0.3 is 14.1 Å². The van der Waals surface area contributed by atoms with E-state index in [0.29, 0.717) is 17.2 Å². The fraction of sp³-hybridized carbons (Fsp3) is 0.286. The molecule has 2 fully saturated rings. The first kappa shape index (κ1) is 19.2. The van der Waals surface area contributed by atoms with Crippen molar-refractivity contribution in [1.29, 1.82) is 0 Å². The van der Waals surface area contributed by atoms with Crippen molar-refractivity contribution in [3.05, 3.63) is 47.7 Å². The molecule has 4 rings (SSSR count). The number of carbonyl (C=O) groups excluding carboxylic acids is 2. The van der Waals surface area contributed by atoms with Gasteiger partial charge in [-0.3, -0.25) is 19.8 Å². The minimum absolute atomic E-state index is 0.0334. The van der Waals surface area contributed by atoms with Crippen molar-refractivity contribution >= 4 is 46.8 Å². The van der Waals surface area contributed by atoms with Gasteiger partial charge in [0, 0.05) is 19.2 Å². The van der Waals surface area contributed by atoms with E-state index in [2.05, 4.69) is 10.2 Å². The fourth-order valence-corrected chi connectivity index (χ4v) is 3.75. The number of methoxy groups -OCH3 is 1. The van der Waals surface area contributed by atoms with Gasteiger partial charge in [0.2, 0.25) is 0 Å². The molecule has 150 valence electrons. The molecule has 0 radical (unpaired) electrons. The maximum absolute atomic E-state index is 13.0. The molecule has 1 N–H and O–H groups in total. The van der Waals surface area contributed by atoms with E-state index in [4.69, 9.17) is 21.4 Å². The second-order valence-electron chi connectivity index (χ2n) is 6.88. The van der Waals surface area contributed by atoms with Crippen LogP contribution in [0.4, 0.5) is 11.6 Å². The number of thiocarbonyl (C=S) groups is 1. The van der Waals surface area contributed by atoms with Gasteiger partial charge in [-0.25, -0.2) is 0 Å². The number of benzene rings is 1. The van der Waals surface area contributed by atoms with Gasteiger partial charge in [0.15, 0.2) is 11.0 Å². The molecule has 0 bridgehead atoms. The van der Waals surface area contributed by atoms with E-state index >= 15 is 0 Å². The summed E-state index contributed by atoms with van der Waals surface area (Å²) in [5.41, 5.74) is 0.508. The summed E-state index contributed by atoms with van der Waals surface area (Å²) in [6.45, 7) is 1.89. The minimum atomic E-state index is -0.541. The molecule has 1 aromatic heterocycles. The number of amides is 2. The average molecular weight is 411 g/mol. The van der Waals surface area contributed by atoms with Crippen molar-refractivity contribution in [1.82, 2.24) is 5.32 Å². The summed E-state index contributed by atoms with van der Waals surface area (Å²) in [4.78, 5) is 28.9. The van der Waals surface area contributed by atoms with E-state index in [1.807, 2.05) is 6.07 Å². The van der Waals surface area contributed by atoms with E-state index in [9.17, 15) is 9.59 Å². The van der Waals surface area contributed by atoms with Crippen LogP contribution in [0.15, 0.2) is 46.4 Å². The Morgan fingerprint density at radius 3 is 2.48 bits per heavy atom. The second-order valence-corrected chi connectivity index (χ2v) is 7.27. The van der Waals surface area contributed by atoms with Crippen LogP contribution in [0.5, 0.6) is 5.75 Å². The van der Waals surface area contributed by atoms with Crippen LogP contribution in [0.3, 0.4) is 0 Å². The average Bonchev–Trinajstić information content (AvgIpc) is 3.21. The highest BCUT2D eigenvalue weighted by Crippen LogP contribution is 2.27. The maximum atomic E-state index is 13.0. The predicted octanol–water partition coefficient (Wildman–Crippen LogP) is 3.11. The number of piperidine rings is 1. The highest BCUT2D eigenvalue weighted by molar-refractivity contribution is 7.80. The second kappa shape index (κ2) is 8.08. The molecule has 8 heteroatoms. The summed E-state index contributed by atoms with van der Waals surface area (Å²) in [6, 6.07) is 10.5. The van der Waals surface area contributed by atoms with Crippen LogP contribution in [-0.2, 0) is 9.59 Å². The molecule has 2 aromatic rings. The van der Waals surface area contributed by atoms with Gasteiger partial charge in [-0.15, -0.1) is 0 Å². The summed E-state index contributed by atoms with van der Waals surface area (Å²) in [6.07, 6.45) is 4.95. The first-order valence-electron chi connectivity index (χ1n) is 9.47. The van der Waals surface area contributed by atoms with Crippen molar-refractivity contribution < 1.29 is 18.7 Å². The fourth-order valence-electron chi connectivity index (χ4n) is 3.47. The first-order chi connectivity index (χ1) is 14.1. The molecule has 1 aromatic carbocycles. The van der Waals surface area contributed by atoms with Crippen molar-refractivity contribution in [2.45, 2.75) is 19.3 Å². The van der Waals surface area contributed by atoms with Crippen molar-refractivity contribution in [3.8, 4) is 5.75 Å². The van der Waals surface area contributed by atoms with Crippen LogP contribution >= 0.6 is 12.2 Å². The summed E-state index contributed by atoms with van der Waals surface area (Å²) < 4.78 is 11.0. The Bertz CT molecular complexity index is 974. The number of ether oxygens (including phenoxy) is 1. The molecule has 0 saturated carbocycles. The smallest absolute Gasteiger partial charge is 0.270 e. The number of rotatable bonds is 4. The van der Waals surface area contributed by atoms with Gasteiger partial charge >= 0.3 is 0 Å². The molecule has 2 saturated heterocycles. The molecule has 0 atom stereocenters. The lowest BCUT2D eigenvalue weighted by molar-refractivity contribution is -0.122. The van der Waals surface area contributed by atoms with Crippen molar-refractivity contribution in [3.63, 3.8) is 0 Å². The normalized spacial score (nSPS) is 18.9. The van der Waals surface area contributed by atoms with E-state index in [-0.39, 0.29) is 10.7 Å². The molecule has 3 heterocycles. The van der Waals surface area contributed by atoms with Crippen LogP contribution in [0.1, 0.15) is 25.0 Å². The van der Waals surface area contributed by atoms with Crippen LogP contribution in [-0.4, -0.2) is 37.1 Å². The van der Waals surface area contributed by atoms with Gasteiger partial charge in [-0.2, -0.15) is 0 Å². The number of nitrogens with zero attached hydrogens (tertiary/aromatic N) is 2. The summed E-state index contributed by atoms with van der Waals surface area (Å²) >= 11 is 5.22. The molecule has 2 aliphatic rings. The van der Waals surface area contributed by atoms with Crippen LogP contribution in [0.25, 0.3) is 6.08 Å². The number of carbonyl (C=O) groups is 2. The zero-order valence-corrected chi connectivity index (χ0v) is 16.8. The molecule has 0 spiro atoms. The maximum Gasteiger partial charge on any atom is 0.270 e. The van der Waals surface area contributed by atoms with E-state index in [0.717, 1.165) is 31.8 Å². The van der Waals surface area contributed by atoms with Gasteiger partial charge in [-0.1, -0.05) is 0 Å². The molecule has 0 unspecified atom stereocenters. The monoisotopic (exact) mass is 411 g/mol. The van der Waals surface area contributed by atoms with Crippen LogP contribution < -0.4 is 19.9 Å². The minimum Gasteiger partial charge on any atom is -0.497 e. The standard InChI is InChI=1S/C21H21N3O4S/c1-27-15-7-5-14(6-8-15)24-20(26)17(19(25)22-21(24)29)13-16-9-10-18(28-16)23-11-3-2-4-12-23/h5-10,13H,2-4,11-12H2,1H3,(H,22,25,29)/b17-13+. The predicted molar refractivity (Wildman–Crippen MR) is 114 cm³/mol. The molecule has 29 heavy (non-hydrogen) atoms. The molecular weight excluding hydrogens is 390 g/mol. The van der Waals surface area contributed by atoms with Crippen molar-refractivity contribution in [2.24, 2.45) is 0 Å². The summed E-state index contributed by atoms with van der Waals surface area (Å²) in [5.74, 6) is 0.819.